The van der Waals surface area contributed by atoms with Crippen LogP contribution in [0, 0.1) is 13.8 Å². The SMILES string of the molecule is Cc1cn([C@H]2C[C@H](OP(=O)(O)OC[C@H]3O[C@@H](n4ccc(=O)[nH]c4=O)C[C@@H]3OP(=O)(O)OC[C@H]3O[C@@H](n4cc(C)c(=O)[nH]c4=O)C[C@@H]3O)[C@@H](CO)O2)c(=O)[nH]c1=O. The van der Waals surface area contributed by atoms with Crippen molar-refractivity contribution in [1.29, 1.82) is 0 Å². The van der Waals surface area contributed by atoms with Crippen LogP contribution in [0.1, 0.15) is 49.1 Å². The normalized spacial score (nSPS) is 30.0. The molecule has 7 N–H and O–H groups in total. The lowest BCUT2D eigenvalue weighted by Gasteiger charge is -2.24. The summed E-state index contributed by atoms with van der Waals surface area (Å²) in [6.45, 7) is 0.568. The average molecular weight is 837 g/mol. The molecule has 56 heavy (non-hydrogen) atoms. The molecule has 0 spiro atoms. The highest BCUT2D eigenvalue weighted by Gasteiger charge is 2.46. The molecule has 3 aliphatic heterocycles. The van der Waals surface area contributed by atoms with Gasteiger partial charge in [-0.3, -0.25) is 61.1 Å². The van der Waals surface area contributed by atoms with Crippen molar-refractivity contribution >= 4 is 15.6 Å². The number of nitrogens with zero attached hydrogens (tertiary/aromatic N) is 3. The van der Waals surface area contributed by atoms with Crippen molar-refractivity contribution in [3.63, 3.8) is 0 Å². The van der Waals surface area contributed by atoms with Crippen molar-refractivity contribution in [3.8, 4) is 0 Å². The molecule has 6 heterocycles. The van der Waals surface area contributed by atoms with E-state index in [2.05, 4.69) is 9.97 Å². The fraction of sp³-hybridized carbons (Fsp3) is 0.586. The predicted octanol–water partition coefficient (Wildman–Crippen LogP) is -2.53. The van der Waals surface area contributed by atoms with E-state index in [-0.39, 0.29) is 30.4 Å². The number of aliphatic hydroxyl groups is 2. The summed E-state index contributed by atoms with van der Waals surface area (Å²) >= 11 is 0. The zero-order chi connectivity index (χ0) is 40.7. The lowest BCUT2D eigenvalue weighted by molar-refractivity contribution is -0.0619. The first-order valence-electron chi connectivity index (χ1n) is 16.9. The lowest BCUT2D eigenvalue weighted by Crippen LogP contribution is -2.33. The first-order chi connectivity index (χ1) is 26.3. The second-order valence-corrected chi connectivity index (χ2v) is 15.9. The van der Waals surface area contributed by atoms with Gasteiger partial charge in [-0.15, -0.1) is 0 Å². The van der Waals surface area contributed by atoms with Crippen LogP contribution in [-0.4, -0.2) is 105 Å². The summed E-state index contributed by atoms with van der Waals surface area (Å²) in [5, 5.41) is 20.4. The molecule has 27 heteroatoms. The molecule has 308 valence electrons. The fourth-order valence-electron chi connectivity index (χ4n) is 6.31. The van der Waals surface area contributed by atoms with E-state index in [1.807, 2.05) is 4.98 Å². The van der Waals surface area contributed by atoms with Crippen LogP contribution >= 0.6 is 15.6 Å². The van der Waals surface area contributed by atoms with Gasteiger partial charge in [-0.25, -0.2) is 23.5 Å². The monoisotopic (exact) mass is 836 g/mol. The van der Waals surface area contributed by atoms with Crippen LogP contribution in [0.4, 0.5) is 0 Å². The van der Waals surface area contributed by atoms with Crippen LogP contribution in [0.3, 0.4) is 0 Å². The van der Waals surface area contributed by atoms with Gasteiger partial charge in [0.1, 0.15) is 49.2 Å². The third-order valence-corrected chi connectivity index (χ3v) is 11.2. The Morgan fingerprint density at radius 1 is 0.696 bits per heavy atom. The molecule has 2 unspecified atom stereocenters. The van der Waals surface area contributed by atoms with Gasteiger partial charge in [0.2, 0.25) is 0 Å². The van der Waals surface area contributed by atoms with E-state index in [4.69, 9.17) is 32.3 Å². The molecular formula is C29H38N6O19P2. The number of aromatic amines is 3. The molecule has 25 nitrogen and oxygen atoms in total. The van der Waals surface area contributed by atoms with Crippen LogP contribution in [0.2, 0.25) is 0 Å². The van der Waals surface area contributed by atoms with Gasteiger partial charge >= 0.3 is 32.7 Å². The number of aromatic nitrogens is 6. The number of nitrogens with one attached hydrogen (secondary N) is 3. The van der Waals surface area contributed by atoms with Gasteiger partial charge in [-0.1, -0.05) is 0 Å². The first-order valence-corrected chi connectivity index (χ1v) is 19.8. The first kappa shape index (κ1) is 41.7. The number of aliphatic hydroxyl groups excluding tert-OH is 2. The van der Waals surface area contributed by atoms with E-state index in [1.165, 1.54) is 26.2 Å². The van der Waals surface area contributed by atoms with E-state index < -0.39 is 125 Å². The Balaban J connectivity index is 1.12. The summed E-state index contributed by atoms with van der Waals surface area (Å²) in [5.41, 5.74) is -4.22. The highest BCUT2D eigenvalue weighted by atomic mass is 31.2. The maximum atomic E-state index is 13.2. The van der Waals surface area contributed by atoms with Crippen LogP contribution in [0.25, 0.3) is 0 Å². The van der Waals surface area contributed by atoms with Crippen molar-refractivity contribution in [3.05, 3.63) is 98.3 Å². The van der Waals surface area contributed by atoms with Crippen molar-refractivity contribution in [2.45, 2.75) is 88.4 Å². The van der Waals surface area contributed by atoms with Gasteiger partial charge in [-0.2, -0.15) is 0 Å². The van der Waals surface area contributed by atoms with Crippen molar-refractivity contribution in [1.82, 2.24) is 28.7 Å². The molecule has 3 aromatic heterocycles. The Kier molecular flexibility index (Phi) is 12.3. The van der Waals surface area contributed by atoms with Gasteiger partial charge in [0, 0.05) is 55.0 Å². The van der Waals surface area contributed by atoms with Crippen LogP contribution in [-0.2, 0) is 41.4 Å². The Morgan fingerprint density at radius 2 is 1.14 bits per heavy atom. The number of hydrogen-bond acceptors (Lipinski definition) is 17. The molecule has 0 radical (unpaired) electrons. The summed E-state index contributed by atoms with van der Waals surface area (Å²) in [7, 11) is -10.2. The maximum absolute atomic E-state index is 13.2. The number of hydrogen-bond donors (Lipinski definition) is 7. The standard InChI is InChI=1S/C29H38N6O19P2/c1-13-8-34(28(42)31-25(13)39)22-5-15(37)19(51-22)11-48-55(44,45)54-17-7-23(33-4-3-21(38)30-27(33)41)52-20(17)12-49-56(46,47)53-16-6-24(50-18(16)10-36)35-9-14(2)26(40)32-29(35)43/h3-4,8-9,15-20,22-24,36-37H,5-7,10-12H2,1-2H3,(H,44,45)(H,46,47)(H,30,38,41)(H,31,39,42)(H,32,40,43)/t15-,16-,17-,18+,19+,20+,22+,23+,24+/m0/s1. The number of aryl methyl sites for hydroxylation is 2. The van der Waals surface area contributed by atoms with Gasteiger partial charge in [0.25, 0.3) is 16.7 Å². The molecule has 3 aromatic rings. The molecule has 11 atom stereocenters. The van der Waals surface area contributed by atoms with Crippen molar-refractivity contribution < 1.29 is 61.4 Å². The van der Waals surface area contributed by atoms with Crippen molar-refractivity contribution in [2.75, 3.05) is 19.8 Å². The molecule has 0 amide bonds. The second kappa shape index (κ2) is 16.5. The molecule has 0 aromatic carbocycles. The Morgan fingerprint density at radius 3 is 1.68 bits per heavy atom. The quantitative estimate of drug-likeness (QED) is 0.0823. The lowest BCUT2D eigenvalue weighted by atomic mass is 10.2. The third kappa shape index (κ3) is 9.43. The molecule has 6 rings (SSSR count). The maximum Gasteiger partial charge on any atom is 0.472 e. The van der Waals surface area contributed by atoms with Gasteiger partial charge in [0.15, 0.2) is 0 Å². The minimum atomic E-state index is -5.10. The topological polar surface area (TPSA) is 344 Å². The van der Waals surface area contributed by atoms with E-state index in [0.717, 1.165) is 26.0 Å². The molecule has 3 aliphatic rings. The molecule has 0 bridgehead atoms. The van der Waals surface area contributed by atoms with Crippen LogP contribution in [0.5, 0.6) is 0 Å². The molecule has 0 aliphatic carbocycles. The average Bonchev–Trinajstić information content (AvgIpc) is 3.82. The smallest absolute Gasteiger partial charge is 0.394 e. The second-order valence-electron chi connectivity index (χ2n) is 13.1. The largest absolute Gasteiger partial charge is 0.472 e. The summed E-state index contributed by atoms with van der Waals surface area (Å²) in [4.78, 5) is 99.9. The minimum absolute atomic E-state index is 0.150. The summed E-state index contributed by atoms with van der Waals surface area (Å²) in [5.74, 6) is 0. The highest BCUT2D eigenvalue weighted by molar-refractivity contribution is 7.47. The Labute approximate surface area is 312 Å². The number of rotatable bonds is 14. The van der Waals surface area contributed by atoms with Gasteiger partial charge in [0.05, 0.1) is 25.9 Å². The van der Waals surface area contributed by atoms with Crippen LogP contribution < -0.4 is 33.7 Å². The number of H-pyrrole nitrogens is 3. The molecule has 0 saturated carbocycles. The summed E-state index contributed by atoms with van der Waals surface area (Å²) < 4.78 is 67.3. The Bertz CT molecular complexity index is 2390. The highest BCUT2D eigenvalue weighted by Crippen LogP contribution is 2.51. The number of phosphoric ester groups is 2. The minimum Gasteiger partial charge on any atom is -0.394 e. The zero-order valence-electron chi connectivity index (χ0n) is 29.4. The van der Waals surface area contributed by atoms with E-state index in [9.17, 15) is 57.9 Å². The predicted molar refractivity (Wildman–Crippen MR) is 183 cm³/mol. The van der Waals surface area contributed by atoms with Crippen LogP contribution in [0.15, 0.2) is 53.4 Å². The molecule has 3 saturated heterocycles. The van der Waals surface area contributed by atoms with Gasteiger partial charge in [-0.05, 0) is 13.8 Å². The molecule has 3 fully saturated rings. The fourth-order valence-corrected chi connectivity index (χ4v) is 8.23. The van der Waals surface area contributed by atoms with E-state index in [1.54, 1.807) is 0 Å². The summed E-state index contributed by atoms with van der Waals surface area (Å²) in [6, 6.07) is 1.000. The number of phosphoric acid groups is 2. The zero-order valence-corrected chi connectivity index (χ0v) is 31.2. The van der Waals surface area contributed by atoms with Crippen molar-refractivity contribution in [2.24, 2.45) is 0 Å². The Hall–Kier alpha value is -3.94. The van der Waals surface area contributed by atoms with E-state index in [0.29, 0.717) is 0 Å². The van der Waals surface area contributed by atoms with Gasteiger partial charge < -0.3 is 34.2 Å². The number of ether oxygens (including phenoxy) is 3. The summed E-state index contributed by atoms with van der Waals surface area (Å²) in [6.07, 6.45) is -8.80. The molecular weight excluding hydrogens is 798 g/mol. The van der Waals surface area contributed by atoms with E-state index >= 15 is 0 Å². The third-order valence-electron chi connectivity index (χ3n) is 9.16.